The Morgan fingerprint density at radius 1 is 1.44 bits per heavy atom. The lowest BCUT2D eigenvalue weighted by molar-refractivity contribution is -0.0723. The fourth-order valence-electron chi connectivity index (χ4n) is 1.36. The average Bonchev–Trinajstić information content (AvgIpc) is 2.28. The molecule has 0 fully saturated rings. The van der Waals surface area contributed by atoms with E-state index in [1.54, 1.807) is 0 Å². The van der Waals surface area contributed by atoms with Crippen LogP contribution in [-0.2, 0) is 0 Å². The number of alkyl halides is 2. The van der Waals surface area contributed by atoms with E-state index in [-0.39, 0.29) is 0 Å². The highest BCUT2D eigenvalue weighted by molar-refractivity contribution is 5.91. The number of hydrogen-bond donors (Lipinski definition) is 4. The molecule has 1 aromatic carbocycles. The normalized spacial score (nSPS) is 13.4. The van der Waals surface area contributed by atoms with Crippen molar-refractivity contribution in [1.82, 2.24) is 0 Å². The molecule has 1 rings (SSSR count). The van der Waals surface area contributed by atoms with Gasteiger partial charge in [-0.3, -0.25) is 0 Å². The molecule has 0 saturated carbocycles. The summed E-state index contributed by atoms with van der Waals surface area (Å²) in [5, 5.41) is 26.6. The van der Waals surface area contributed by atoms with E-state index in [2.05, 4.69) is 0 Å². The minimum Gasteiger partial charge on any atom is -0.507 e. The zero-order valence-corrected chi connectivity index (χ0v) is 8.90. The number of rotatable bonds is 4. The highest BCUT2D eigenvalue weighted by Crippen LogP contribution is 2.37. The standard InChI is InChI=1S/C10H10F3NO4/c11-5-2-1-4(9(17)18)7(16)6(5)8(14)10(12,13)3-15/h1-2,8,15-16H,3,14H2,(H,17,18)/t8-/m1/s1. The first-order chi connectivity index (χ1) is 8.22. The third kappa shape index (κ3) is 2.39. The lowest BCUT2D eigenvalue weighted by atomic mass is 9.97. The first-order valence-electron chi connectivity index (χ1n) is 4.71. The van der Waals surface area contributed by atoms with E-state index in [0.717, 1.165) is 6.07 Å². The van der Waals surface area contributed by atoms with Crippen molar-refractivity contribution >= 4 is 5.97 Å². The van der Waals surface area contributed by atoms with Crippen LogP contribution in [0.4, 0.5) is 13.2 Å². The summed E-state index contributed by atoms with van der Waals surface area (Å²) in [6.45, 7) is -1.66. The van der Waals surface area contributed by atoms with Crippen LogP contribution in [0.2, 0.25) is 0 Å². The number of halogens is 3. The second-order valence-electron chi connectivity index (χ2n) is 3.56. The zero-order valence-electron chi connectivity index (χ0n) is 8.90. The van der Waals surface area contributed by atoms with Crippen LogP contribution in [0, 0.1) is 5.82 Å². The lowest BCUT2D eigenvalue weighted by Crippen LogP contribution is -2.37. The maximum atomic E-state index is 13.4. The van der Waals surface area contributed by atoms with Gasteiger partial charge < -0.3 is 21.1 Å². The molecule has 0 radical (unpaired) electrons. The van der Waals surface area contributed by atoms with Gasteiger partial charge in [-0.15, -0.1) is 0 Å². The van der Waals surface area contributed by atoms with Gasteiger partial charge in [0.1, 0.15) is 29.8 Å². The number of carboxylic acids is 1. The van der Waals surface area contributed by atoms with Crippen molar-refractivity contribution in [3.63, 3.8) is 0 Å². The van der Waals surface area contributed by atoms with Gasteiger partial charge in [-0.25, -0.2) is 18.0 Å². The number of aromatic hydroxyl groups is 1. The van der Waals surface area contributed by atoms with Gasteiger partial charge >= 0.3 is 5.97 Å². The minimum atomic E-state index is -3.89. The van der Waals surface area contributed by atoms with Gasteiger partial charge in [0.25, 0.3) is 5.92 Å². The maximum absolute atomic E-state index is 13.4. The highest BCUT2D eigenvalue weighted by Gasteiger charge is 2.41. The number of aliphatic hydroxyl groups excluding tert-OH is 1. The molecule has 100 valence electrons. The molecule has 0 unspecified atom stereocenters. The SMILES string of the molecule is N[C@H](c1c(F)ccc(C(=O)O)c1O)C(F)(F)CO. The molecule has 0 aliphatic heterocycles. The molecule has 1 atom stereocenters. The number of carboxylic acid groups (broad SMARTS) is 1. The largest absolute Gasteiger partial charge is 0.507 e. The van der Waals surface area contributed by atoms with E-state index < -0.39 is 47.2 Å². The number of phenols is 1. The zero-order chi connectivity index (χ0) is 14.1. The van der Waals surface area contributed by atoms with Crippen LogP contribution in [0.15, 0.2) is 12.1 Å². The molecule has 0 aliphatic carbocycles. The topological polar surface area (TPSA) is 104 Å². The first kappa shape index (κ1) is 14.3. The summed E-state index contributed by atoms with van der Waals surface area (Å²) in [6, 6.07) is -1.03. The van der Waals surface area contributed by atoms with Crippen LogP contribution in [0.5, 0.6) is 5.75 Å². The van der Waals surface area contributed by atoms with Crippen molar-refractivity contribution in [3.8, 4) is 5.75 Å². The molecule has 8 heteroatoms. The van der Waals surface area contributed by atoms with Crippen LogP contribution in [-0.4, -0.2) is 33.8 Å². The Hall–Kier alpha value is -1.80. The number of aromatic carboxylic acids is 1. The Balaban J connectivity index is 3.40. The predicted octanol–water partition coefficient (Wildman–Crippen LogP) is 0.857. The van der Waals surface area contributed by atoms with Gasteiger partial charge in [-0.1, -0.05) is 0 Å². The third-order valence-electron chi connectivity index (χ3n) is 2.37. The number of carbonyl (C=O) groups is 1. The molecule has 0 amide bonds. The second kappa shape index (κ2) is 4.83. The summed E-state index contributed by atoms with van der Waals surface area (Å²) in [6.07, 6.45) is 0. The number of aliphatic hydroxyl groups is 1. The average molecular weight is 265 g/mol. The number of hydrogen-bond acceptors (Lipinski definition) is 4. The molecule has 0 aromatic heterocycles. The third-order valence-corrected chi connectivity index (χ3v) is 2.37. The van der Waals surface area contributed by atoms with Crippen LogP contribution < -0.4 is 5.73 Å². The van der Waals surface area contributed by atoms with Crippen molar-refractivity contribution in [2.45, 2.75) is 12.0 Å². The second-order valence-corrected chi connectivity index (χ2v) is 3.56. The molecule has 0 bridgehead atoms. The molecule has 18 heavy (non-hydrogen) atoms. The van der Waals surface area contributed by atoms with E-state index in [0.29, 0.717) is 6.07 Å². The van der Waals surface area contributed by atoms with E-state index in [1.165, 1.54) is 0 Å². The summed E-state index contributed by atoms with van der Waals surface area (Å²) >= 11 is 0. The van der Waals surface area contributed by atoms with Crippen molar-refractivity contribution in [1.29, 1.82) is 0 Å². The fourth-order valence-corrected chi connectivity index (χ4v) is 1.36. The molecule has 0 spiro atoms. The van der Waals surface area contributed by atoms with Crippen molar-refractivity contribution < 1.29 is 33.3 Å². The summed E-state index contributed by atoms with van der Waals surface area (Å²) in [5.74, 6) is -7.97. The summed E-state index contributed by atoms with van der Waals surface area (Å²) < 4.78 is 39.6. The van der Waals surface area contributed by atoms with Gasteiger partial charge in [-0.05, 0) is 12.1 Å². The lowest BCUT2D eigenvalue weighted by Gasteiger charge is -2.23. The smallest absolute Gasteiger partial charge is 0.339 e. The van der Waals surface area contributed by atoms with Crippen LogP contribution in [0.1, 0.15) is 22.0 Å². The minimum absolute atomic E-state index is 0.603. The van der Waals surface area contributed by atoms with Crippen LogP contribution in [0.3, 0.4) is 0 Å². The van der Waals surface area contributed by atoms with E-state index in [9.17, 15) is 23.1 Å². The first-order valence-corrected chi connectivity index (χ1v) is 4.71. The molecule has 0 saturated heterocycles. The molecular weight excluding hydrogens is 255 g/mol. The molecule has 0 heterocycles. The van der Waals surface area contributed by atoms with Gasteiger partial charge in [0.2, 0.25) is 0 Å². The predicted molar refractivity (Wildman–Crippen MR) is 54.0 cm³/mol. The fraction of sp³-hybridized carbons (Fsp3) is 0.300. The Labute approximate surface area is 99.3 Å². The Morgan fingerprint density at radius 2 is 2.00 bits per heavy atom. The van der Waals surface area contributed by atoms with E-state index in [1.807, 2.05) is 0 Å². The Morgan fingerprint density at radius 3 is 2.44 bits per heavy atom. The quantitative estimate of drug-likeness (QED) is 0.646. The molecule has 5 N–H and O–H groups in total. The number of nitrogens with two attached hydrogens (primary N) is 1. The molecule has 1 aromatic rings. The molecule has 5 nitrogen and oxygen atoms in total. The van der Waals surface area contributed by atoms with Crippen LogP contribution >= 0.6 is 0 Å². The Kier molecular flexibility index (Phi) is 3.82. The van der Waals surface area contributed by atoms with E-state index in [4.69, 9.17) is 15.9 Å². The molecule has 0 aliphatic rings. The summed E-state index contributed by atoms with van der Waals surface area (Å²) in [7, 11) is 0. The monoisotopic (exact) mass is 265 g/mol. The van der Waals surface area contributed by atoms with E-state index >= 15 is 0 Å². The van der Waals surface area contributed by atoms with Crippen molar-refractivity contribution in [3.05, 3.63) is 29.1 Å². The van der Waals surface area contributed by atoms with Gasteiger partial charge in [0.05, 0.1) is 5.56 Å². The van der Waals surface area contributed by atoms with Gasteiger partial charge in [-0.2, -0.15) is 0 Å². The van der Waals surface area contributed by atoms with Crippen LogP contribution in [0.25, 0.3) is 0 Å². The van der Waals surface area contributed by atoms with Gasteiger partial charge in [0, 0.05) is 0 Å². The summed E-state index contributed by atoms with van der Waals surface area (Å²) in [5.41, 5.74) is 3.25. The van der Waals surface area contributed by atoms with Gasteiger partial charge in [0.15, 0.2) is 0 Å². The summed E-state index contributed by atoms with van der Waals surface area (Å²) in [4.78, 5) is 10.7. The Bertz CT molecular complexity index is 478. The maximum Gasteiger partial charge on any atom is 0.339 e. The van der Waals surface area contributed by atoms with Crippen molar-refractivity contribution in [2.75, 3.05) is 6.61 Å². The van der Waals surface area contributed by atoms with Crippen molar-refractivity contribution in [2.24, 2.45) is 5.73 Å². The highest BCUT2D eigenvalue weighted by atomic mass is 19.3. The molecular formula is C10H10F3NO4. The number of benzene rings is 1.